The quantitative estimate of drug-likeness (QED) is 0.822. The molecule has 1 aromatic carbocycles. The van der Waals surface area contributed by atoms with Crippen LogP contribution < -0.4 is 5.32 Å². The lowest BCUT2D eigenvalue weighted by molar-refractivity contribution is 0.351. The van der Waals surface area contributed by atoms with Gasteiger partial charge < -0.3 is 5.32 Å². The standard InChI is InChI=1S/C18H29N/c1-14-6-5-7-16(12-14)9-8-15(2)19-17-10-11-18(3,4)13-17/h5-7,12,15,17,19H,8-11,13H2,1-4H3. The third-order valence-electron chi connectivity index (χ3n) is 4.44. The highest BCUT2D eigenvalue weighted by molar-refractivity contribution is 5.22. The molecule has 0 aliphatic heterocycles. The van der Waals surface area contributed by atoms with E-state index in [-0.39, 0.29) is 0 Å². The Hall–Kier alpha value is -0.820. The van der Waals surface area contributed by atoms with E-state index in [9.17, 15) is 0 Å². The zero-order valence-corrected chi connectivity index (χ0v) is 13.0. The molecule has 2 atom stereocenters. The van der Waals surface area contributed by atoms with Gasteiger partial charge in [0, 0.05) is 12.1 Å². The summed E-state index contributed by atoms with van der Waals surface area (Å²) in [5.41, 5.74) is 3.39. The molecule has 1 aliphatic carbocycles. The van der Waals surface area contributed by atoms with E-state index in [2.05, 4.69) is 57.3 Å². The van der Waals surface area contributed by atoms with E-state index in [4.69, 9.17) is 0 Å². The highest BCUT2D eigenvalue weighted by Gasteiger charge is 2.31. The molecule has 0 aromatic heterocycles. The van der Waals surface area contributed by atoms with Gasteiger partial charge in [-0.3, -0.25) is 0 Å². The Balaban J connectivity index is 1.74. The fourth-order valence-corrected chi connectivity index (χ4v) is 3.31. The second kappa shape index (κ2) is 6.09. The Morgan fingerprint density at radius 1 is 1.37 bits per heavy atom. The normalized spacial score (nSPS) is 23.5. The van der Waals surface area contributed by atoms with Crippen LogP contribution in [0.4, 0.5) is 0 Å². The van der Waals surface area contributed by atoms with Crippen molar-refractivity contribution in [3.63, 3.8) is 0 Å². The first-order valence-corrected chi connectivity index (χ1v) is 7.76. The lowest BCUT2D eigenvalue weighted by Gasteiger charge is -2.21. The fourth-order valence-electron chi connectivity index (χ4n) is 3.31. The summed E-state index contributed by atoms with van der Waals surface area (Å²) in [4.78, 5) is 0. The van der Waals surface area contributed by atoms with Crippen LogP contribution in [0.25, 0.3) is 0 Å². The minimum atomic E-state index is 0.550. The predicted octanol–water partition coefficient (Wildman–Crippen LogP) is 4.48. The van der Waals surface area contributed by atoms with Crippen LogP contribution in [0.1, 0.15) is 57.6 Å². The Kier molecular flexibility index (Phi) is 4.67. The van der Waals surface area contributed by atoms with Crippen LogP contribution >= 0.6 is 0 Å². The van der Waals surface area contributed by atoms with Crippen LogP contribution in [0, 0.1) is 12.3 Å². The van der Waals surface area contributed by atoms with Gasteiger partial charge in [-0.2, -0.15) is 0 Å². The first-order valence-electron chi connectivity index (χ1n) is 7.76. The van der Waals surface area contributed by atoms with Gasteiger partial charge in [0.2, 0.25) is 0 Å². The number of hydrogen-bond acceptors (Lipinski definition) is 1. The molecule has 2 rings (SSSR count). The van der Waals surface area contributed by atoms with Crippen LogP contribution in [0.15, 0.2) is 24.3 Å². The molecule has 0 heterocycles. The van der Waals surface area contributed by atoms with Gasteiger partial charge in [0.15, 0.2) is 0 Å². The number of hydrogen-bond donors (Lipinski definition) is 1. The molecule has 1 nitrogen and oxygen atoms in total. The van der Waals surface area contributed by atoms with Gasteiger partial charge >= 0.3 is 0 Å². The molecular weight excluding hydrogens is 230 g/mol. The largest absolute Gasteiger partial charge is 0.311 e. The minimum absolute atomic E-state index is 0.550. The second-order valence-electron chi connectivity index (χ2n) is 7.20. The number of nitrogens with one attached hydrogen (secondary N) is 1. The molecule has 2 unspecified atom stereocenters. The maximum atomic E-state index is 3.82. The molecule has 0 spiro atoms. The van der Waals surface area contributed by atoms with E-state index in [0.717, 1.165) is 6.04 Å². The zero-order chi connectivity index (χ0) is 13.9. The average molecular weight is 259 g/mol. The number of aryl methyl sites for hydroxylation is 2. The zero-order valence-electron chi connectivity index (χ0n) is 13.0. The van der Waals surface area contributed by atoms with Gasteiger partial charge in [-0.25, -0.2) is 0 Å². The molecule has 1 aliphatic rings. The molecule has 0 saturated heterocycles. The fraction of sp³-hybridized carbons (Fsp3) is 0.667. The second-order valence-corrected chi connectivity index (χ2v) is 7.20. The molecule has 19 heavy (non-hydrogen) atoms. The highest BCUT2D eigenvalue weighted by atomic mass is 14.9. The topological polar surface area (TPSA) is 12.0 Å². The highest BCUT2D eigenvalue weighted by Crippen LogP contribution is 2.37. The maximum absolute atomic E-state index is 3.82. The summed E-state index contributed by atoms with van der Waals surface area (Å²) in [6, 6.07) is 10.3. The third-order valence-corrected chi connectivity index (χ3v) is 4.44. The summed E-state index contributed by atoms with van der Waals surface area (Å²) < 4.78 is 0. The molecule has 0 amide bonds. The van der Waals surface area contributed by atoms with Gasteiger partial charge in [-0.1, -0.05) is 43.7 Å². The minimum Gasteiger partial charge on any atom is -0.311 e. The SMILES string of the molecule is Cc1cccc(CCC(C)NC2CCC(C)(C)C2)c1. The van der Waals surface area contributed by atoms with Crippen molar-refractivity contribution in [2.75, 3.05) is 0 Å². The van der Waals surface area contributed by atoms with Crippen molar-refractivity contribution in [1.29, 1.82) is 0 Å². The van der Waals surface area contributed by atoms with Crippen LogP contribution in [-0.4, -0.2) is 12.1 Å². The summed E-state index contributed by atoms with van der Waals surface area (Å²) in [6.45, 7) is 9.30. The Bertz CT molecular complexity index is 408. The van der Waals surface area contributed by atoms with E-state index in [1.165, 1.54) is 43.2 Å². The lowest BCUT2D eigenvalue weighted by atomic mass is 9.91. The summed E-state index contributed by atoms with van der Waals surface area (Å²) in [7, 11) is 0. The smallest absolute Gasteiger partial charge is 0.00748 e. The summed E-state index contributed by atoms with van der Waals surface area (Å²) in [5, 5.41) is 3.82. The van der Waals surface area contributed by atoms with Crippen molar-refractivity contribution in [3.05, 3.63) is 35.4 Å². The van der Waals surface area contributed by atoms with Gasteiger partial charge in [-0.05, 0) is 56.9 Å². The van der Waals surface area contributed by atoms with Crippen molar-refractivity contribution >= 4 is 0 Å². The van der Waals surface area contributed by atoms with Crippen molar-refractivity contribution in [2.24, 2.45) is 5.41 Å². The summed E-state index contributed by atoms with van der Waals surface area (Å²) in [6.07, 6.45) is 6.48. The van der Waals surface area contributed by atoms with E-state index >= 15 is 0 Å². The van der Waals surface area contributed by atoms with Gasteiger partial charge in [0.25, 0.3) is 0 Å². The molecule has 1 saturated carbocycles. The number of rotatable bonds is 5. The summed E-state index contributed by atoms with van der Waals surface area (Å²) in [5.74, 6) is 0. The van der Waals surface area contributed by atoms with Crippen molar-refractivity contribution in [3.8, 4) is 0 Å². The monoisotopic (exact) mass is 259 g/mol. The van der Waals surface area contributed by atoms with Crippen LogP contribution in [-0.2, 0) is 6.42 Å². The van der Waals surface area contributed by atoms with E-state index in [1.54, 1.807) is 0 Å². The molecular formula is C18H29N. The van der Waals surface area contributed by atoms with E-state index in [1.807, 2.05) is 0 Å². The third kappa shape index (κ3) is 4.65. The van der Waals surface area contributed by atoms with Crippen LogP contribution in [0.5, 0.6) is 0 Å². The van der Waals surface area contributed by atoms with Crippen molar-refractivity contribution in [1.82, 2.24) is 5.32 Å². The average Bonchev–Trinajstić information content (AvgIpc) is 2.66. The van der Waals surface area contributed by atoms with Gasteiger partial charge in [-0.15, -0.1) is 0 Å². The Morgan fingerprint density at radius 3 is 2.79 bits per heavy atom. The van der Waals surface area contributed by atoms with Gasteiger partial charge in [0.1, 0.15) is 0 Å². The Morgan fingerprint density at radius 2 is 2.16 bits per heavy atom. The summed E-state index contributed by atoms with van der Waals surface area (Å²) >= 11 is 0. The number of benzene rings is 1. The maximum Gasteiger partial charge on any atom is 0.00748 e. The molecule has 1 aromatic rings. The van der Waals surface area contributed by atoms with Crippen LogP contribution in [0.2, 0.25) is 0 Å². The predicted molar refractivity (Wildman–Crippen MR) is 83.5 cm³/mol. The molecule has 0 bridgehead atoms. The molecule has 1 fully saturated rings. The molecule has 1 heteroatoms. The molecule has 106 valence electrons. The lowest BCUT2D eigenvalue weighted by Crippen LogP contribution is -2.35. The van der Waals surface area contributed by atoms with E-state index < -0.39 is 0 Å². The van der Waals surface area contributed by atoms with Crippen molar-refractivity contribution in [2.45, 2.75) is 71.9 Å². The Labute approximate surface area is 118 Å². The van der Waals surface area contributed by atoms with Crippen LogP contribution in [0.3, 0.4) is 0 Å². The first kappa shape index (κ1) is 14.6. The van der Waals surface area contributed by atoms with Gasteiger partial charge in [0.05, 0.1) is 0 Å². The van der Waals surface area contributed by atoms with Crippen molar-refractivity contribution < 1.29 is 0 Å². The molecule has 1 N–H and O–H groups in total. The first-order chi connectivity index (χ1) is 8.94. The van der Waals surface area contributed by atoms with E-state index in [0.29, 0.717) is 11.5 Å². The molecule has 0 radical (unpaired) electrons.